The molecule has 0 aromatic heterocycles. The molecule has 0 aliphatic heterocycles. The van der Waals surface area contributed by atoms with Crippen LogP contribution in [0.15, 0.2) is 0 Å². The van der Waals surface area contributed by atoms with Gasteiger partial charge in [-0.3, -0.25) is 0 Å². The molecule has 3 heteroatoms. The van der Waals surface area contributed by atoms with E-state index in [4.69, 9.17) is 4.74 Å². The lowest BCUT2D eigenvalue weighted by Gasteiger charge is -2.24. The average molecular weight is 818 g/mol. The maximum atomic E-state index is 13.4. The normalized spacial score (nSPS) is 12.1. The molecule has 348 valence electrons. The van der Waals surface area contributed by atoms with Crippen molar-refractivity contribution in [1.82, 2.24) is 4.90 Å². The number of unbranched alkanes of at least 4 members (excludes halogenated alkanes) is 43. The minimum Gasteiger partial charge on any atom is -0.446 e. The Morgan fingerprint density at radius 2 is 0.500 bits per heavy atom. The highest BCUT2D eigenvalue weighted by molar-refractivity contribution is 5.67. The van der Waals surface area contributed by atoms with Crippen molar-refractivity contribution in [3.63, 3.8) is 0 Å². The molecule has 0 spiro atoms. The number of hydrogen-bond donors (Lipinski definition) is 0. The Balaban J connectivity index is 4.19. The highest BCUT2D eigenvalue weighted by Gasteiger charge is 2.17. The van der Waals surface area contributed by atoms with Crippen LogP contribution in [0.4, 0.5) is 4.79 Å². The SMILES string of the molecule is CCCCCCCCCCCCCCCCCCN(CCCCCCCCCCCCCCCCCC)C(=O)OC(C)CCCCCCCCCCCCCCCC. The van der Waals surface area contributed by atoms with Crippen LogP contribution in [-0.4, -0.2) is 30.2 Å². The van der Waals surface area contributed by atoms with Gasteiger partial charge in [0.1, 0.15) is 6.10 Å². The first-order chi connectivity index (χ1) is 28.7. The van der Waals surface area contributed by atoms with Crippen LogP contribution >= 0.6 is 0 Å². The molecule has 0 heterocycles. The molecule has 0 bridgehead atoms. The number of rotatable bonds is 50. The molecule has 0 radical (unpaired) electrons. The fraction of sp³-hybridized carbons (Fsp3) is 0.982. The predicted octanol–water partition coefficient (Wildman–Crippen LogP) is 20.2. The largest absolute Gasteiger partial charge is 0.446 e. The summed E-state index contributed by atoms with van der Waals surface area (Å²) in [5, 5.41) is 0. The summed E-state index contributed by atoms with van der Waals surface area (Å²) in [4.78, 5) is 15.5. The summed E-state index contributed by atoms with van der Waals surface area (Å²) in [7, 11) is 0. The summed E-state index contributed by atoms with van der Waals surface area (Å²) < 4.78 is 6.07. The summed E-state index contributed by atoms with van der Waals surface area (Å²) in [6.07, 6.45) is 64.7. The van der Waals surface area contributed by atoms with Gasteiger partial charge in [-0.1, -0.05) is 297 Å². The molecule has 0 aromatic rings. The van der Waals surface area contributed by atoms with Crippen molar-refractivity contribution in [2.45, 2.75) is 336 Å². The standard InChI is InChI=1S/C55H111NO2/c1-5-8-11-14-17-20-23-26-29-31-34-37-40-43-46-49-52-56(53-50-47-44-41-38-35-32-30-27-24-21-18-15-12-9-6-2)55(57)58-54(4)51-48-45-42-39-36-33-28-25-22-19-16-13-10-7-3/h54H,5-53H2,1-4H3. The molecule has 0 aliphatic carbocycles. The van der Waals surface area contributed by atoms with Crippen LogP contribution in [0.5, 0.6) is 0 Å². The fourth-order valence-electron chi connectivity index (χ4n) is 8.93. The number of carbonyl (C=O) groups is 1. The first kappa shape index (κ1) is 57.3. The molecule has 0 aromatic carbocycles. The Morgan fingerprint density at radius 3 is 0.724 bits per heavy atom. The van der Waals surface area contributed by atoms with Gasteiger partial charge in [-0.15, -0.1) is 0 Å². The van der Waals surface area contributed by atoms with E-state index in [0.29, 0.717) is 0 Å². The lowest BCUT2D eigenvalue weighted by Crippen LogP contribution is -2.35. The first-order valence-corrected chi connectivity index (χ1v) is 27.6. The van der Waals surface area contributed by atoms with Gasteiger partial charge in [-0.05, 0) is 32.6 Å². The van der Waals surface area contributed by atoms with Crippen molar-refractivity contribution >= 4 is 6.09 Å². The molecular formula is C55H111NO2. The van der Waals surface area contributed by atoms with E-state index in [1.165, 1.54) is 283 Å². The fourth-order valence-corrected chi connectivity index (χ4v) is 8.93. The molecular weight excluding hydrogens is 707 g/mol. The van der Waals surface area contributed by atoms with E-state index in [0.717, 1.165) is 32.4 Å². The number of carbonyl (C=O) groups excluding carboxylic acids is 1. The second-order valence-electron chi connectivity index (χ2n) is 19.2. The minimum absolute atomic E-state index is 0.0314. The number of ether oxygens (including phenoxy) is 1. The quantitative estimate of drug-likeness (QED) is 0.0572. The van der Waals surface area contributed by atoms with Gasteiger partial charge in [-0.2, -0.15) is 0 Å². The number of amides is 1. The van der Waals surface area contributed by atoms with Crippen LogP contribution < -0.4 is 0 Å². The van der Waals surface area contributed by atoms with E-state index in [1.54, 1.807) is 0 Å². The van der Waals surface area contributed by atoms with E-state index in [1.807, 2.05) is 0 Å². The van der Waals surface area contributed by atoms with Crippen LogP contribution in [0.25, 0.3) is 0 Å². The second kappa shape index (κ2) is 50.6. The predicted molar refractivity (Wildman–Crippen MR) is 262 cm³/mol. The Bertz CT molecular complexity index is 718. The zero-order valence-corrected chi connectivity index (χ0v) is 41.0. The van der Waals surface area contributed by atoms with Gasteiger partial charge < -0.3 is 9.64 Å². The molecule has 0 saturated carbocycles. The highest BCUT2D eigenvalue weighted by Crippen LogP contribution is 2.18. The Labute approximate surface area is 367 Å². The Morgan fingerprint density at radius 1 is 0.310 bits per heavy atom. The lowest BCUT2D eigenvalue weighted by atomic mass is 10.0. The van der Waals surface area contributed by atoms with Crippen molar-refractivity contribution in [2.24, 2.45) is 0 Å². The van der Waals surface area contributed by atoms with Crippen LogP contribution in [0.3, 0.4) is 0 Å². The van der Waals surface area contributed by atoms with Crippen LogP contribution in [0.1, 0.15) is 329 Å². The summed E-state index contributed by atoms with van der Waals surface area (Å²) in [6.45, 7) is 10.8. The zero-order valence-electron chi connectivity index (χ0n) is 41.0. The molecule has 1 amide bonds. The molecule has 1 unspecified atom stereocenters. The van der Waals surface area contributed by atoms with Crippen molar-refractivity contribution in [3.8, 4) is 0 Å². The molecule has 3 nitrogen and oxygen atoms in total. The molecule has 58 heavy (non-hydrogen) atoms. The maximum Gasteiger partial charge on any atom is 0.410 e. The molecule has 1 atom stereocenters. The van der Waals surface area contributed by atoms with Crippen molar-refractivity contribution in [2.75, 3.05) is 13.1 Å². The molecule has 0 aliphatic rings. The van der Waals surface area contributed by atoms with Gasteiger partial charge in [0.15, 0.2) is 0 Å². The van der Waals surface area contributed by atoms with Gasteiger partial charge in [0.2, 0.25) is 0 Å². The van der Waals surface area contributed by atoms with E-state index < -0.39 is 0 Å². The maximum absolute atomic E-state index is 13.4. The third-order valence-corrected chi connectivity index (χ3v) is 13.1. The Hall–Kier alpha value is -0.730. The van der Waals surface area contributed by atoms with Gasteiger partial charge >= 0.3 is 6.09 Å². The van der Waals surface area contributed by atoms with Crippen molar-refractivity contribution in [1.29, 1.82) is 0 Å². The van der Waals surface area contributed by atoms with Crippen LogP contribution in [0, 0.1) is 0 Å². The lowest BCUT2D eigenvalue weighted by molar-refractivity contribution is 0.0643. The molecule has 0 saturated heterocycles. The minimum atomic E-state index is -0.0419. The summed E-state index contributed by atoms with van der Waals surface area (Å²) in [5.74, 6) is 0. The number of nitrogens with zero attached hydrogens (tertiary/aromatic N) is 1. The zero-order chi connectivity index (χ0) is 42.1. The Kier molecular flexibility index (Phi) is 50.0. The van der Waals surface area contributed by atoms with E-state index in [2.05, 4.69) is 32.6 Å². The van der Waals surface area contributed by atoms with Crippen molar-refractivity contribution < 1.29 is 9.53 Å². The molecule has 0 rings (SSSR count). The topological polar surface area (TPSA) is 29.5 Å². The van der Waals surface area contributed by atoms with Crippen LogP contribution in [0.2, 0.25) is 0 Å². The summed E-state index contributed by atoms with van der Waals surface area (Å²) >= 11 is 0. The first-order valence-electron chi connectivity index (χ1n) is 27.6. The third-order valence-electron chi connectivity index (χ3n) is 13.1. The number of hydrogen-bond acceptors (Lipinski definition) is 2. The van der Waals surface area contributed by atoms with E-state index in [9.17, 15) is 4.79 Å². The summed E-state index contributed by atoms with van der Waals surface area (Å²) in [5.41, 5.74) is 0. The highest BCUT2D eigenvalue weighted by atomic mass is 16.6. The second-order valence-corrected chi connectivity index (χ2v) is 19.2. The van der Waals surface area contributed by atoms with Gasteiger partial charge in [0.25, 0.3) is 0 Å². The van der Waals surface area contributed by atoms with E-state index >= 15 is 0 Å². The van der Waals surface area contributed by atoms with E-state index in [-0.39, 0.29) is 12.2 Å². The van der Waals surface area contributed by atoms with Gasteiger partial charge in [0.05, 0.1) is 0 Å². The van der Waals surface area contributed by atoms with Gasteiger partial charge in [-0.25, -0.2) is 4.79 Å². The smallest absolute Gasteiger partial charge is 0.410 e. The molecule has 0 fully saturated rings. The molecule has 0 N–H and O–H groups in total. The van der Waals surface area contributed by atoms with Gasteiger partial charge in [0, 0.05) is 13.1 Å². The monoisotopic (exact) mass is 818 g/mol. The average Bonchev–Trinajstić information content (AvgIpc) is 3.22. The third kappa shape index (κ3) is 46.3. The summed E-state index contributed by atoms with van der Waals surface area (Å²) in [6, 6.07) is 0. The van der Waals surface area contributed by atoms with Crippen LogP contribution in [-0.2, 0) is 4.74 Å². The van der Waals surface area contributed by atoms with Crippen molar-refractivity contribution in [3.05, 3.63) is 0 Å².